The van der Waals surface area contributed by atoms with Crippen LogP contribution >= 0.6 is 0 Å². The second-order valence-corrected chi connectivity index (χ2v) is 9.28. The van der Waals surface area contributed by atoms with E-state index in [1.807, 2.05) is 6.92 Å². The Morgan fingerprint density at radius 3 is 2.44 bits per heavy atom. The quantitative estimate of drug-likeness (QED) is 0.761. The Morgan fingerprint density at radius 1 is 1.08 bits per heavy atom. The van der Waals surface area contributed by atoms with Crippen LogP contribution in [0, 0.1) is 28.1 Å². The number of carbonyl (C=O) groups excluding carboxylic acids is 1. The number of carboxylic acids is 1. The Kier molecular flexibility index (Phi) is 4.68. The van der Waals surface area contributed by atoms with E-state index in [1.54, 1.807) is 0 Å². The van der Waals surface area contributed by atoms with Crippen molar-refractivity contribution in [3.63, 3.8) is 0 Å². The van der Waals surface area contributed by atoms with Crippen molar-refractivity contribution in [2.45, 2.75) is 77.7 Å². The number of carboxylic acid groups (broad SMARTS) is 1. The van der Waals surface area contributed by atoms with E-state index in [0.29, 0.717) is 6.42 Å². The van der Waals surface area contributed by atoms with Gasteiger partial charge in [0.05, 0.1) is 25.0 Å². The average Bonchev–Trinajstić information content (AvgIpc) is 2.52. The number of rotatable bonds is 3. The van der Waals surface area contributed by atoms with Crippen molar-refractivity contribution >= 4 is 11.9 Å². The van der Waals surface area contributed by atoms with Crippen molar-refractivity contribution in [3.8, 4) is 0 Å². The Bertz CT molecular complexity index is 560. The highest BCUT2D eigenvalue weighted by atomic mass is 16.5. The largest absolute Gasteiger partial charge is 0.481 e. The van der Waals surface area contributed by atoms with Gasteiger partial charge < -0.3 is 14.9 Å². The molecule has 0 radical (unpaired) electrons. The van der Waals surface area contributed by atoms with Crippen LogP contribution in [0.2, 0.25) is 0 Å². The van der Waals surface area contributed by atoms with Crippen LogP contribution in [0.15, 0.2) is 0 Å². The monoisotopic (exact) mass is 352 g/mol. The second kappa shape index (κ2) is 6.26. The molecule has 25 heavy (non-hydrogen) atoms. The van der Waals surface area contributed by atoms with Crippen LogP contribution < -0.4 is 0 Å². The molecule has 3 fully saturated rings. The van der Waals surface area contributed by atoms with E-state index in [9.17, 15) is 19.8 Å². The normalized spacial score (nSPS) is 46.6. The maximum Gasteiger partial charge on any atom is 0.311 e. The molecule has 0 amide bonds. The molecule has 0 unspecified atom stereocenters. The lowest BCUT2D eigenvalue weighted by molar-refractivity contribution is -0.194. The topological polar surface area (TPSA) is 83.8 Å². The molecule has 5 nitrogen and oxygen atoms in total. The summed E-state index contributed by atoms with van der Waals surface area (Å²) in [5.74, 6) is -0.413. The zero-order chi connectivity index (χ0) is 18.5. The number of ether oxygens (including phenoxy) is 1. The van der Waals surface area contributed by atoms with Gasteiger partial charge in [-0.3, -0.25) is 9.59 Å². The first-order valence-electron chi connectivity index (χ1n) is 9.66. The third-order valence-electron chi connectivity index (χ3n) is 8.03. The lowest BCUT2D eigenvalue weighted by Crippen LogP contribution is -2.60. The molecule has 0 aromatic rings. The molecular formula is C20H32O5. The molecule has 3 aliphatic rings. The number of esters is 1. The standard InChI is InChI=1S/C20H32O5/c1-18-8-4-9-19(2,17(24)25-3)14(18)7-10-20(12-16(22)23)11-13(21)5-6-15(18)20/h13-15,21H,4-12H2,1-3H3,(H,22,23)/t13-,14+,15+,18-,19-,20+/m1/s1. The summed E-state index contributed by atoms with van der Waals surface area (Å²) in [6.07, 6.45) is 6.40. The number of methoxy groups -OCH3 is 1. The molecule has 142 valence electrons. The fraction of sp³-hybridized carbons (Fsp3) is 0.900. The first kappa shape index (κ1) is 18.7. The Balaban J connectivity index is 2.00. The first-order valence-corrected chi connectivity index (χ1v) is 9.66. The highest BCUT2D eigenvalue weighted by molar-refractivity contribution is 5.77. The van der Waals surface area contributed by atoms with Gasteiger partial charge in [0, 0.05) is 0 Å². The summed E-state index contributed by atoms with van der Waals surface area (Å²) in [5, 5.41) is 19.8. The molecule has 2 N–H and O–H groups in total. The van der Waals surface area contributed by atoms with Crippen LogP contribution in [0.25, 0.3) is 0 Å². The fourth-order valence-electron chi connectivity index (χ4n) is 7.16. The lowest BCUT2D eigenvalue weighted by atomic mass is 9.40. The summed E-state index contributed by atoms with van der Waals surface area (Å²) in [4.78, 5) is 24.2. The highest BCUT2D eigenvalue weighted by Crippen LogP contribution is 2.68. The van der Waals surface area contributed by atoms with E-state index in [0.717, 1.165) is 44.9 Å². The van der Waals surface area contributed by atoms with Crippen molar-refractivity contribution in [2.24, 2.45) is 28.1 Å². The van der Waals surface area contributed by atoms with Crippen LogP contribution in [0.4, 0.5) is 0 Å². The molecule has 0 saturated heterocycles. The van der Waals surface area contributed by atoms with Gasteiger partial charge in [-0.05, 0) is 74.5 Å². The molecule has 0 spiro atoms. The van der Waals surface area contributed by atoms with Gasteiger partial charge in [0.15, 0.2) is 0 Å². The summed E-state index contributed by atoms with van der Waals surface area (Å²) >= 11 is 0. The minimum Gasteiger partial charge on any atom is -0.481 e. The number of aliphatic hydroxyl groups excluding tert-OH is 1. The lowest BCUT2D eigenvalue weighted by Gasteiger charge is -2.64. The molecule has 0 aromatic heterocycles. The number of hydrogen-bond donors (Lipinski definition) is 2. The zero-order valence-corrected chi connectivity index (χ0v) is 15.7. The van der Waals surface area contributed by atoms with E-state index in [2.05, 4.69) is 6.92 Å². The van der Waals surface area contributed by atoms with Gasteiger partial charge in [0.2, 0.25) is 0 Å². The summed E-state index contributed by atoms with van der Waals surface area (Å²) in [7, 11) is 1.47. The van der Waals surface area contributed by atoms with E-state index in [4.69, 9.17) is 4.74 Å². The number of aliphatic carboxylic acids is 1. The maximum atomic E-state index is 12.6. The van der Waals surface area contributed by atoms with Crippen molar-refractivity contribution in [1.29, 1.82) is 0 Å². The van der Waals surface area contributed by atoms with Gasteiger partial charge in [-0.15, -0.1) is 0 Å². The summed E-state index contributed by atoms with van der Waals surface area (Å²) in [5.41, 5.74) is -0.870. The Labute approximate surface area is 150 Å². The third kappa shape index (κ3) is 2.79. The van der Waals surface area contributed by atoms with E-state index in [-0.39, 0.29) is 35.1 Å². The van der Waals surface area contributed by atoms with Gasteiger partial charge in [-0.1, -0.05) is 13.3 Å². The number of carbonyl (C=O) groups is 2. The van der Waals surface area contributed by atoms with Crippen LogP contribution in [0.1, 0.15) is 71.6 Å². The summed E-state index contributed by atoms with van der Waals surface area (Å²) in [6, 6.07) is 0. The van der Waals surface area contributed by atoms with Crippen molar-refractivity contribution < 1.29 is 24.5 Å². The van der Waals surface area contributed by atoms with E-state index >= 15 is 0 Å². The maximum absolute atomic E-state index is 12.6. The van der Waals surface area contributed by atoms with Crippen molar-refractivity contribution in [2.75, 3.05) is 7.11 Å². The van der Waals surface area contributed by atoms with Gasteiger partial charge in [0.25, 0.3) is 0 Å². The minimum absolute atomic E-state index is 0.0605. The molecule has 3 saturated carbocycles. The molecule has 3 rings (SSSR count). The SMILES string of the molecule is COC(=O)[C@]1(C)CCC[C@@]2(C)[C@@H]3CC[C@@H](O)C[C@]3(CC(=O)O)CC[C@@H]21. The predicted molar refractivity (Wildman–Crippen MR) is 92.8 cm³/mol. The van der Waals surface area contributed by atoms with Crippen LogP contribution in [-0.4, -0.2) is 35.4 Å². The number of hydrogen-bond acceptors (Lipinski definition) is 4. The number of aliphatic hydroxyl groups is 1. The zero-order valence-electron chi connectivity index (χ0n) is 15.7. The third-order valence-corrected chi connectivity index (χ3v) is 8.03. The van der Waals surface area contributed by atoms with Crippen molar-refractivity contribution in [3.05, 3.63) is 0 Å². The summed E-state index contributed by atoms with van der Waals surface area (Å²) < 4.78 is 5.16. The molecule has 0 bridgehead atoms. The molecule has 0 heterocycles. The smallest absolute Gasteiger partial charge is 0.311 e. The molecule has 0 aliphatic heterocycles. The van der Waals surface area contributed by atoms with Gasteiger partial charge in [-0.25, -0.2) is 0 Å². The van der Waals surface area contributed by atoms with Crippen molar-refractivity contribution in [1.82, 2.24) is 0 Å². The molecular weight excluding hydrogens is 320 g/mol. The van der Waals surface area contributed by atoms with Gasteiger partial charge >= 0.3 is 11.9 Å². The molecule has 0 aromatic carbocycles. The van der Waals surface area contributed by atoms with E-state index in [1.165, 1.54) is 7.11 Å². The van der Waals surface area contributed by atoms with E-state index < -0.39 is 17.5 Å². The Hall–Kier alpha value is -1.10. The molecule has 3 aliphatic carbocycles. The predicted octanol–water partition coefficient (Wildman–Crippen LogP) is 3.39. The summed E-state index contributed by atoms with van der Waals surface area (Å²) in [6.45, 7) is 4.32. The van der Waals surface area contributed by atoms with Crippen LogP contribution in [0.3, 0.4) is 0 Å². The molecule has 6 atom stereocenters. The van der Waals surface area contributed by atoms with Crippen LogP contribution in [0.5, 0.6) is 0 Å². The number of fused-ring (bicyclic) bond motifs is 3. The fourth-order valence-corrected chi connectivity index (χ4v) is 7.16. The highest BCUT2D eigenvalue weighted by Gasteiger charge is 2.63. The molecule has 5 heteroatoms. The average molecular weight is 352 g/mol. The second-order valence-electron chi connectivity index (χ2n) is 9.28. The van der Waals surface area contributed by atoms with Gasteiger partial charge in [0.1, 0.15) is 0 Å². The van der Waals surface area contributed by atoms with Crippen LogP contribution in [-0.2, 0) is 14.3 Å². The Morgan fingerprint density at radius 2 is 1.80 bits per heavy atom. The van der Waals surface area contributed by atoms with Gasteiger partial charge in [-0.2, -0.15) is 0 Å². The minimum atomic E-state index is -0.771. The first-order chi connectivity index (χ1) is 11.7.